The number of ether oxygens (including phenoxy) is 3. The number of carbonyl (C=O) groups excluding carboxylic acids is 3. The predicted molar refractivity (Wildman–Crippen MR) is 109 cm³/mol. The van der Waals surface area contributed by atoms with E-state index < -0.39 is 11.9 Å². The fourth-order valence-electron chi connectivity index (χ4n) is 2.25. The van der Waals surface area contributed by atoms with E-state index in [0.717, 1.165) is 32.1 Å². The standard InChI is InChI=1S/C22H34O6/c1-16(2)20(23)26-13-10-8-7-9-11-19(15-28-22(25)18(5)6)12-14-27-21(24)17(3)4/h19H,1,3,5,7-15H2,2,4,6H3. The monoisotopic (exact) mass is 394 g/mol. The zero-order valence-electron chi connectivity index (χ0n) is 17.5. The molecular weight excluding hydrogens is 360 g/mol. The fraction of sp³-hybridized carbons (Fsp3) is 0.591. The minimum Gasteiger partial charge on any atom is -0.462 e. The van der Waals surface area contributed by atoms with Crippen molar-refractivity contribution in [2.24, 2.45) is 5.92 Å². The van der Waals surface area contributed by atoms with Crippen molar-refractivity contribution >= 4 is 17.9 Å². The van der Waals surface area contributed by atoms with Crippen LogP contribution in [0.4, 0.5) is 0 Å². The Morgan fingerprint density at radius 2 is 1.11 bits per heavy atom. The molecule has 0 saturated carbocycles. The van der Waals surface area contributed by atoms with Crippen molar-refractivity contribution in [1.82, 2.24) is 0 Å². The second kappa shape index (κ2) is 14.7. The molecule has 1 atom stereocenters. The lowest BCUT2D eigenvalue weighted by Gasteiger charge is -2.17. The van der Waals surface area contributed by atoms with Crippen molar-refractivity contribution in [3.63, 3.8) is 0 Å². The van der Waals surface area contributed by atoms with E-state index in [-0.39, 0.29) is 25.1 Å². The number of hydrogen-bond acceptors (Lipinski definition) is 6. The first kappa shape index (κ1) is 25.6. The topological polar surface area (TPSA) is 78.9 Å². The average Bonchev–Trinajstić information content (AvgIpc) is 2.63. The first-order valence-corrected chi connectivity index (χ1v) is 9.63. The molecule has 0 rings (SSSR count). The van der Waals surface area contributed by atoms with Crippen LogP contribution in [0.1, 0.15) is 59.3 Å². The molecule has 0 aliphatic rings. The van der Waals surface area contributed by atoms with Crippen LogP contribution in [0.5, 0.6) is 0 Å². The molecule has 0 amide bonds. The van der Waals surface area contributed by atoms with Gasteiger partial charge in [0.15, 0.2) is 0 Å². The smallest absolute Gasteiger partial charge is 0.333 e. The molecule has 0 saturated heterocycles. The van der Waals surface area contributed by atoms with Gasteiger partial charge in [-0.25, -0.2) is 14.4 Å². The molecule has 28 heavy (non-hydrogen) atoms. The summed E-state index contributed by atoms with van der Waals surface area (Å²) in [5, 5.41) is 0. The lowest BCUT2D eigenvalue weighted by atomic mass is 9.98. The van der Waals surface area contributed by atoms with Crippen molar-refractivity contribution in [2.45, 2.75) is 59.3 Å². The molecule has 0 aliphatic heterocycles. The molecular formula is C22H34O6. The van der Waals surface area contributed by atoms with E-state index in [1.165, 1.54) is 0 Å². The summed E-state index contributed by atoms with van der Waals surface area (Å²) in [4.78, 5) is 34.3. The minimum absolute atomic E-state index is 0.0995. The van der Waals surface area contributed by atoms with Crippen LogP contribution in [-0.4, -0.2) is 37.7 Å². The molecule has 0 aromatic heterocycles. The molecule has 0 fully saturated rings. The molecule has 0 radical (unpaired) electrons. The molecule has 0 aliphatic carbocycles. The van der Waals surface area contributed by atoms with Crippen LogP contribution in [0.2, 0.25) is 0 Å². The largest absolute Gasteiger partial charge is 0.462 e. The van der Waals surface area contributed by atoms with E-state index in [1.807, 2.05) is 0 Å². The van der Waals surface area contributed by atoms with Crippen molar-refractivity contribution in [3.8, 4) is 0 Å². The highest BCUT2D eigenvalue weighted by molar-refractivity contribution is 5.87. The van der Waals surface area contributed by atoms with E-state index in [9.17, 15) is 14.4 Å². The van der Waals surface area contributed by atoms with Gasteiger partial charge in [-0.2, -0.15) is 0 Å². The Kier molecular flexibility index (Phi) is 13.4. The summed E-state index contributed by atoms with van der Waals surface area (Å²) >= 11 is 0. The van der Waals surface area contributed by atoms with Gasteiger partial charge in [-0.15, -0.1) is 0 Å². The zero-order valence-corrected chi connectivity index (χ0v) is 17.5. The second-order valence-corrected chi connectivity index (χ2v) is 7.07. The van der Waals surface area contributed by atoms with Crippen LogP contribution < -0.4 is 0 Å². The predicted octanol–water partition coefficient (Wildman–Crippen LogP) is 4.30. The fourth-order valence-corrected chi connectivity index (χ4v) is 2.25. The zero-order chi connectivity index (χ0) is 21.5. The van der Waals surface area contributed by atoms with Crippen LogP contribution in [0.15, 0.2) is 36.5 Å². The second-order valence-electron chi connectivity index (χ2n) is 7.07. The van der Waals surface area contributed by atoms with E-state index in [4.69, 9.17) is 14.2 Å². The summed E-state index contributed by atoms with van der Waals surface area (Å²) in [5.41, 5.74) is 1.12. The Morgan fingerprint density at radius 1 is 0.643 bits per heavy atom. The molecule has 0 N–H and O–H groups in total. The van der Waals surface area contributed by atoms with Crippen LogP contribution in [0.3, 0.4) is 0 Å². The third kappa shape index (κ3) is 12.9. The first-order valence-electron chi connectivity index (χ1n) is 9.63. The molecule has 1 unspecified atom stereocenters. The van der Waals surface area contributed by atoms with Crippen LogP contribution in [0.25, 0.3) is 0 Å². The van der Waals surface area contributed by atoms with Gasteiger partial charge in [0.25, 0.3) is 0 Å². The number of rotatable bonds is 15. The van der Waals surface area contributed by atoms with Crippen molar-refractivity contribution < 1.29 is 28.6 Å². The Hall–Kier alpha value is -2.37. The van der Waals surface area contributed by atoms with E-state index >= 15 is 0 Å². The Morgan fingerprint density at radius 3 is 1.64 bits per heavy atom. The van der Waals surface area contributed by atoms with E-state index in [1.54, 1.807) is 20.8 Å². The lowest BCUT2D eigenvalue weighted by Crippen LogP contribution is -2.18. The molecule has 0 heterocycles. The Labute approximate surface area is 168 Å². The highest BCUT2D eigenvalue weighted by Crippen LogP contribution is 2.16. The summed E-state index contributed by atoms with van der Waals surface area (Å²) in [5.74, 6) is -1.09. The van der Waals surface area contributed by atoms with Crippen LogP contribution in [0, 0.1) is 5.92 Å². The molecule has 0 aromatic carbocycles. The Balaban J connectivity index is 4.17. The maximum Gasteiger partial charge on any atom is 0.333 e. The van der Waals surface area contributed by atoms with Crippen molar-refractivity contribution in [3.05, 3.63) is 36.5 Å². The van der Waals surface area contributed by atoms with Gasteiger partial charge in [-0.1, -0.05) is 39.0 Å². The molecule has 0 spiro atoms. The third-order valence-electron chi connectivity index (χ3n) is 3.99. The molecule has 158 valence electrons. The third-order valence-corrected chi connectivity index (χ3v) is 3.99. The molecule has 0 aromatic rings. The summed E-state index contributed by atoms with van der Waals surface area (Å²) in [6.45, 7) is 16.4. The van der Waals surface area contributed by atoms with Gasteiger partial charge in [-0.05, 0) is 46.0 Å². The van der Waals surface area contributed by atoms with Crippen molar-refractivity contribution in [2.75, 3.05) is 19.8 Å². The highest BCUT2D eigenvalue weighted by Gasteiger charge is 2.14. The average molecular weight is 395 g/mol. The van der Waals surface area contributed by atoms with Gasteiger partial charge in [0.05, 0.1) is 19.8 Å². The summed E-state index contributed by atoms with van der Waals surface area (Å²) in [6.07, 6.45) is 5.11. The van der Waals surface area contributed by atoms with Gasteiger partial charge >= 0.3 is 17.9 Å². The maximum atomic E-state index is 11.6. The Bertz CT molecular complexity index is 576. The highest BCUT2D eigenvalue weighted by atomic mass is 16.5. The first-order chi connectivity index (χ1) is 13.1. The van der Waals surface area contributed by atoms with Gasteiger partial charge in [0, 0.05) is 16.7 Å². The minimum atomic E-state index is -0.415. The van der Waals surface area contributed by atoms with E-state index in [0.29, 0.717) is 29.7 Å². The molecule has 6 nitrogen and oxygen atoms in total. The lowest BCUT2D eigenvalue weighted by molar-refractivity contribution is -0.143. The van der Waals surface area contributed by atoms with Crippen LogP contribution in [-0.2, 0) is 28.6 Å². The number of carbonyl (C=O) groups is 3. The maximum absolute atomic E-state index is 11.6. The summed E-state index contributed by atoms with van der Waals surface area (Å²) < 4.78 is 15.4. The quantitative estimate of drug-likeness (QED) is 0.178. The summed E-state index contributed by atoms with van der Waals surface area (Å²) in [6, 6.07) is 0. The molecule has 6 heteroatoms. The normalized spacial score (nSPS) is 11.2. The van der Waals surface area contributed by atoms with Gasteiger partial charge in [-0.3, -0.25) is 0 Å². The number of unbranched alkanes of at least 4 members (excludes halogenated alkanes) is 3. The van der Waals surface area contributed by atoms with Crippen LogP contribution >= 0.6 is 0 Å². The summed E-state index contributed by atoms with van der Waals surface area (Å²) in [7, 11) is 0. The molecule has 0 bridgehead atoms. The van der Waals surface area contributed by atoms with Gasteiger partial charge in [0.2, 0.25) is 0 Å². The van der Waals surface area contributed by atoms with E-state index in [2.05, 4.69) is 19.7 Å². The van der Waals surface area contributed by atoms with Gasteiger partial charge in [0.1, 0.15) is 0 Å². The van der Waals surface area contributed by atoms with Gasteiger partial charge < -0.3 is 14.2 Å². The SMILES string of the molecule is C=C(C)C(=O)OCCCCCCC(CCOC(=O)C(=C)C)COC(=O)C(=C)C. The number of hydrogen-bond donors (Lipinski definition) is 0. The van der Waals surface area contributed by atoms with Crippen molar-refractivity contribution in [1.29, 1.82) is 0 Å². The number of esters is 3.